The molecule has 0 bridgehead atoms. The Morgan fingerprint density at radius 3 is 2.27 bits per heavy atom. The Morgan fingerprint density at radius 1 is 1.23 bits per heavy atom. The van der Waals surface area contributed by atoms with Gasteiger partial charge in [0, 0.05) is 11.6 Å². The Hall–Kier alpha value is -1.96. The average Bonchev–Trinajstić information content (AvgIpc) is 2.63. The van der Waals surface area contributed by atoms with E-state index in [2.05, 4.69) is 0 Å². The van der Waals surface area contributed by atoms with E-state index in [1.165, 1.54) is 44.2 Å². The fourth-order valence-corrected chi connectivity index (χ4v) is 2.36. The number of rotatable bonds is 6. The third-order valence-electron chi connectivity index (χ3n) is 3.94. The Labute approximate surface area is 155 Å². The molecule has 0 aliphatic heterocycles. The predicted molar refractivity (Wildman–Crippen MR) is 103 cm³/mol. The second kappa shape index (κ2) is 15.3. The van der Waals surface area contributed by atoms with Crippen LogP contribution in [0.3, 0.4) is 0 Å². The molecule has 1 fully saturated rings. The quantitative estimate of drug-likeness (QED) is 0.381. The summed E-state index contributed by atoms with van der Waals surface area (Å²) in [5.41, 5.74) is 16.5. The first kappa shape index (κ1) is 24.0. The van der Waals surface area contributed by atoms with Crippen molar-refractivity contribution in [3.05, 3.63) is 29.8 Å². The van der Waals surface area contributed by atoms with Crippen LogP contribution in [0.4, 0.5) is 0 Å². The number of aromatic hydroxyl groups is 1. The van der Waals surface area contributed by atoms with Crippen LogP contribution in [0.25, 0.3) is 0 Å². The van der Waals surface area contributed by atoms with Crippen molar-refractivity contribution >= 4 is 12.3 Å². The second-order valence-corrected chi connectivity index (χ2v) is 6.34. The Morgan fingerprint density at radius 2 is 1.88 bits per heavy atom. The molecular weight excluding hydrogens is 334 g/mol. The summed E-state index contributed by atoms with van der Waals surface area (Å²) in [6, 6.07) is 6.01. The zero-order chi connectivity index (χ0) is 19.8. The number of aldehydes is 1. The fraction of sp³-hybridized carbons (Fsp3) is 0.579. The van der Waals surface area contributed by atoms with Crippen molar-refractivity contribution in [3.63, 3.8) is 0 Å². The SMILES string of the molecule is NC1CCCCC1.NCCCCC(N)C(=O)O.O=Cc1cccc(O)c1. The number of unbranched alkanes of at least 4 members (excludes halogenated alkanes) is 1. The Bertz CT molecular complexity index is 505. The van der Waals surface area contributed by atoms with E-state index in [1.54, 1.807) is 12.1 Å². The van der Waals surface area contributed by atoms with Gasteiger partial charge in [-0.2, -0.15) is 0 Å². The molecule has 7 heteroatoms. The van der Waals surface area contributed by atoms with Crippen LogP contribution in [0.15, 0.2) is 24.3 Å². The first-order valence-electron chi connectivity index (χ1n) is 9.09. The van der Waals surface area contributed by atoms with E-state index in [9.17, 15) is 9.59 Å². The molecule has 7 nitrogen and oxygen atoms in total. The highest BCUT2D eigenvalue weighted by Crippen LogP contribution is 2.14. The molecule has 148 valence electrons. The lowest BCUT2D eigenvalue weighted by Crippen LogP contribution is -2.29. The first-order chi connectivity index (χ1) is 12.4. The third kappa shape index (κ3) is 13.3. The Kier molecular flexibility index (Phi) is 14.2. The number of nitrogens with two attached hydrogens (primary N) is 3. The van der Waals surface area contributed by atoms with Crippen LogP contribution in [0.1, 0.15) is 61.7 Å². The standard InChI is InChI=1S/C7H6O2.C6H14N2O2.C6H13N/c8-5-6-2-1-3-7(9)4-6;7-4-2-1-3-5(8)6(9)10;7-6-4-2-1-3-5-6/h1-5,9H;5H,1-4,7-8H2,(H,9,10);6H,1-5,7H2. The van der Waals surface area contributed by atoms with Crippen LogP contribution < -0.4 is 17.2 Å². The van der Waals surface area contributed by atoms with Crippen LogP contribution in [-0.2, 0) is 4.79 Å². The summed E-state index contributed by atoms with van der Waals surface area (Å²) in [4.78, 5) is 20.2. The minimum absolute atomic E-state index is 0.125. The number of aliphatic carboxylic acids is 1. The zero-order valence-corrected chi connectivity index (χ0v) is 15.3. The van der Waals surface area contributed by atoms with E-state index in [4.69, 9.17) is 27.4 Å². The van der Waals surface area contributed by atoms with Gasteiger partial charge in [0.2, 0.25) is 0 Å². The van der Waals surface area contributed by atoms with Crippen molar-refractivity contribution in [2.75, 3.05) is 6.54 Å². The van der Waals surface area contributed by atoms with Gasteiger partial charge >= 0.3 is 5.97 Å². The molecule has 1 saturated carbocycles. The summed E-state index contributed by atoms with van der Waals surface area (Å²) >= 11 is 0. The topological polar surface area (TPSA) is 153 Å². The molecule has 0 radical (unpaired) electrons. The maximum atomic E-state index is 10.1. The summed E-state index contributed by atoms with van der Waals surface area (Å²) in [6.45, 7) is 0.604. The number of phenolic OH excluding ortho intramolecular Hbond substituents is 1. The highest BCUT2D eigenvalue weighted by atomic mass is 16.4. The molecule has 0 amide bonds. The van der Waals surface area contributed by atoms with Crippen molar-refractivity contribution in [1.29, 1.82) is 0 Å². The number of hydrogen-bond acceptors (Lipinski definition) is 6. The zero-order valence-electron chi connectivity index (χ0n) is 15.3. The monoisotopic (exact) mass is 367 g/mol. The van der Waals surface area contributed by atoms with Gasteiger partial charge in [-0.1, -0.05) is 37.8 Å². The van der Waals surface area contributed by atoms with Crippen molar-refractivity contribution in [2.24, 2.45) is 17.2 Å². The Balaban J connectivity index is 0.000000365. The number of carboxylic acids is 1. The maximum absolute atomic E-state index is 10.1. The van der Waals surface area contributed by atoms with Gasteiger partial charge in [-0.3, -0.25) is 9.59 Å². The number of carboxylic acid groups (broad SMARTS) is 1. The average molecular weight is 367 g/mol. The van der Waals surface area contributed by atoms with Crippen LogP contribution in [-0.4, -0.2) is 41.1 Å². The van der Waals surface area contributed by atoms with Crippen molar-refractivity contribution in [3.8, 4) is 5.75 Å². The van der Waals surface area contributed by atoms with E-state index in [-0.39, 0.29) is 5.75 Å². The normalized spacial score (nSPS) is 14.9. The van der Waals surface area contributed by atoms with Gasteiger partial charge < -0.3 is 27.4 Å². The first-order valence-corrected chi connectivity index (χ1v) is 9.09. The summed E-state index contributed by atoms with van der Waals surface area (Å²) in [5, 5.41) is 17.1. The maximum Gasteiger partial charge on any atom is 0.320 e. The second-order valence-electron chi connectivity index (χ2n) is 6.34. The van der Waals surface area contributed by atoms with Crippen molar-refractivity contribution < 1.29 is 19.8 Å². The molecule has 0 spiro atoms. The molecule has 1 unspecified atom stereocenters. The van der Waals surface area contributed by atoms with Crippen molar-refractivity contribution in [1.82, 2.24) is 0 Å². The van der Waals surface area contributed by atoms with Gasteiger partial charge in [0.1, 0.15) is 18.1 Å². The van der Waals surface area contributed by atoms with Crippen LogP contribution in [0.2, 0.25) is 0 Å². The van der Waals surface area contributed by atoms with E-state index in [0.29, 0.717) is 30.9 Å². The van der Waals surface area contributed by atoms with Gasteiger partial charge in [0.25, 0.3) is 0 Å². The van der Waals surface area contributed by atoms with E-state index in [1.807, 2.05) is 0 Å². The summed E-state index contributed by atoms with van der Waals surface area (Å²) in [5.74, 6) is -0.809. The van der Waals surface area contributed by atoms with Crippen molar-refractivity contribution in [2.45, 2.75) is 63.5 Å². The fourth-order valence-electron chi connectivity index (χ4n) is 2.36. The summed E-state index contributed by atoms with van der Waals surface area (Å²) < 4.78 is 0. The van der Waals surface area contributed by atoms with E-state index >= 15 is 0 Å². The molecule has 8 N–H and O–H groups in total. The van der Waals surface area contributed by atoms with Crippen LogP contribution >= 0.6 is 0 Å². The van der Waals surface area contributed by atoms with Gasteiger partial charge in [-0.25, -0.2) is 0 Å². The largest absolute Gasteiger partial charge is 0.508 e. The number of hydrogen-bond donors (Lipinski definition) is 5. The summed E-state index contributed by atoms with van der Waals surface area (Å²) in [6.07, 6.45) is 9.52. The minimum atomic E-state index is -0.933. The molecule has 1 aliphatic rings. The lowest BCUT2D eigenvalue weighted by Gasteiger charge is -2.15. The predicted octanol–water partition coefficient (Wildman–Crippen LogP) is 2.01. The minimum Gasteiger partial charge on any atom is -0.508 e. The number of benzene rings is 1. The highest BCUT2D eigenvalue weighted by Gasteiger charge is 2.09. The van der Waals surface area contributed by atoms with Gasteiger partial charge in [-0.05, 0) is 44.4 Å². The highest BCUT2D eigenvalue weighted by molar-refractivity contribution is 5.75. The number of carbonyl (C=O) groups excluding carboxylic acids is 1. The molecule has 0 heterocycles. The lowest BCUT2D eigenvalue weighted by molar-refractivity contribution is -0.138. The smallest absolute Gasteiger partial charge is 0.320 e. The molecule has 1 aromatic carbocycles. The molecule has 0 saturated heterocycles. The van der Waals surface area contributed by atoms with Gasteiger partial charge in [0.05, 0.1) is 0 Å². The molecule has 2 rings (SSSR count). The number of carbonyl (C=O) groups is 2. The molecule has 1 atom stereocenters. The van der Waals surface area contributed by atoms with Crippen LogP contribution in [0, 0.1) is 0 Å². The molecular formula is C19H33N3O4. The molecule has 1 aliphatic carbocycles. The number of phenols is 1. The van der Waals surface area contributed by atoms with E-state index < -0.39 is 12.0 Å². The lowest BCUT2D eigenvalue weighted by atomic mass is 9.97. The molecule has 1 aromatic rings. The summed E-state index contributed by atoms with van der Waals surface area (Å²) in [7, 11) is 0. The molecule has 0 aromatic heterocycles. The van der Waals surface area contributed by atoms with Gasteiger partial charge in [0.15, 0.2) is 0 Å². The van der Waals surface area contributed by atoms with Gasteiger partial charge in [-0.15, -0.1) is 0 Å². The third-order valence-corrected chi connectivity index (χ3v) is 3.94. The van der Waals surface area contributed by atoms with Crippen LogP contribution in [0.5, 0.6) is 5.75 Å². The van der Waals surface area contributed by atoms with E-state index in [0.717, 1.165) is 12.8 Å². The molecule has 26 heavy (non-hydrogen) atoms.